The van der Waals surface area contributed by atoms with Gasteiger partial charge in [0.1, 0.15) is 0 Å². The van der Waals surface area contributed by atoms with Gasteiger partial charge < -0.3 is 5.11 Å². The van der Waals surface area contributed by atoms with Crippen molar-refractivity contribution in [3.63, 3.8) is 0 Å². The van der Waals surface area contributed by atoms with Gasteiger partial charge in [0, 0.05) is 0 Å². The van der Waals surface area contributed by atoms with Crippen molar-refractivity contribution in [2.45, 2.75) is 58.2 Å². The first-order chi connectivity index (χ1) is 9.80. The Morgan fingerprint density at radius 1 is 1.14 bits per heavy atom. The zero-order chi connectivity index (χ0) is 15.6. The number of aliphatic hydroxyl groups excluding tert-OH is 1. The second kappa shape index (κ2) is 6.39. The van der Waals surface area contributed by atoms with Crippen molar-refractivity contribution < 1.29 is 18.3 Å². The highest BCUT2D eigenvalue weighted by molar-refractivity contribution is 5.34. The van der Waals surface area contributed by atoms with Gasteiger partial charge in [0.2, 0.25) is 0 Å². The summed E-state index contributed by atoms with van der Waals surface area (Å²) in [5, 5.41) is 10.4. The second-order valence-corrected chi connectivity index (χ2v) is 6.24. The van der Waals surface area contributed by atoms with E-state index >= 15 is 0 Å². The SMILES string of the molecule is Cc1cccc(C)c1CC(O)C1CCCCC1C(F)(F)F. The van der Waals surface area contributed by atoms with Gasteiger partial charge in [-0.05, 0) is 55.7 Å². The molecule has 1 aromatic carbocycles. The number of rotatable bonds is 3. The molecule has 0 saturated heterocycles. The maximum absolute atomic E-state index is 13.1. The summed E-state index contributed by atoms with van der Waals surface area (Å²) in [4.78, 5) is 0. The van der Waals surface area contributed by atoms with Crippen molar-refractivity contribution in [3.8, 4) is 0 Å². The van der Waals surface area contributed by atoms with E-state index in [9.17, 15) is 18.3 Å². The van der Waals surface area contributed by atoms with Crippen molar-refractivity contribution in [2.24, 2.45) is 11.8 Å². The summed E-state index contributed by atoms with van der Waals surface area (Å²) in [6, 6.07) is 5.81. The van der Waals surface area contributed by atoms with Crippen molar-refractivity contribution in [1.82, 2.24) is 0 Å². The fraction of sp³-hybridized carbons (Fsp3) is 0.647. The first-order valence-corrected chi connectivity index (χ1v) is 7.60. The summed E-state index contributed by atoms with van der Waals surface area (Å²) in [5.74, 6) is -2.02. The third-order valence-corrected chi connectivity index (χ3v) is 4.79. The van der Waals surface area contributed by atoms with Gasteiger partial charge in [0.25, 0.3) is 0 Å². The zero-order valence-electron chi connectivity index (χ0n) is 12.6. The molecule has 0 radical (unpaired) electrons. The van der Waals surface area contributed by atoms with E-state index < -0.39 is 24.1 Å². The van der Waals surface area contributed by atoms with Crippen molar-refractivity contribution >= 4 is 0 Å². The predicted molar refractivity (Wildman–Crippen MR) is 77.1 cm³/mol. The maximum Gasteiger partial charge on any atom is 0.392 e. The van der Waals surface area contributed by atoms with E-state index in [0.29, 0.717) is 19.3 Å². The van der Waals surface area contributed by atoms with Crippen LogP contribution in [0.25, 0.3) is 0 Å². The van der Waals surface area contributed by atoms with Gasteiger partial charge in [0.05, 0.1) is 12.0 Å². The maximum atomic E-state index is 13.1. The highest BCUT2D eigenvalue weighted by Crippen LogP contribution is 2.43. The molecule has 1 aliphatic carbocycles. The van der Waals surface area contributed by atoms with Gasteiger partial charge in [-0.1, -0.05) is 31.0 Å². The molecule has 0 spiro atoms. The zero-order valence-corrected chi connectivity index (χ0v) is 12.6. The lowest BCUT2D eigenvalue weighted by molar-refractivity contribution is -0.206. The molecule has 1 N–H and O–H groups in total. The lowest BCUT2D eigenvalue weighted by Crippen LogP contribution is -2.40. The van der Waals surface area contributed by atoms with Crippen molar-refractivity contribution in [2.75, 3.05) is 0 Å². The lowest BCUT2D eigenvalue weighted by Gasteiger charge is -2.36. The normalized spacial score (nSPS) is 24.9. The minimum atomic E-state index is -4.20. The minimum Gasteiger partial charge on any atom is -0.392 e. The number of benzene rings is 1. The van der Waals surface area contributed by atoms with Crippen LogP contribution in [0, 0.1) is 25.7 Å². The molecule has 1 fully saturated rings. The van der Waals surface area contributed by atoms with Crippen molar-refractivity contribution in [1.29, 1.82) is 0 Å². The molecule has 118 valence electrons. The van der Waals surface area contributed by atoms with Crippen LogP contribution in [0.1, 0.15) is 42.4 Å². The third kappa shape index (κ3) is 3.79. The Balaban J connectivity index is 2.16. The molecule has 1 aromatic rings. The first kappa shape index (κ1) is 16.3. The van der Waals surface area contributed by atoms with Gasteiger partial charge in [-0.15, -0.1) is 0 Å². The summed E-state index contributed by atoms with van der Waals surface area (Å²) in [6.45, 7) is 3.88. The first-order valence-electron chi connectivity index (χ1n) is 7.60. The van der Waals surface area contributed by atoms with E-state index in [1.807, 2.05) is 32.0 Å². The Morgan fingerprint density at radius 3 is 2.29 bits per heavy atom. The van der Waals surface area contributed by atoms with E-state index in [-0.39, 0.29) is 6.42 Å². The van der Waals surface area contributed by atoms with E-state index in [4.69, 9.17) is 0 Å². The Labute approximate surface area is 124 Å². The monoisotopic (exact) mass is 300 g/mol. The second-order valence-electron chi connectivity index (χ2n) is 6.24. The fourth-order valence-electron chi connectivity index (χ4n) is 3.56. The molecule has 0 heterocycles. The van der Waals surface area contributed by atoms with Crippen LogP contribution in [0.2, 0.25) is 0 Å². The molecule has 0 aromatic heterocycles. The number of aryl methyl sites for hydroxylation is 2. The van der Waals surface area contributed by atoms with Crippen LogP contribution in [0.4, 0.5) is 13.2 Å². The fourth-order valence-corrected chi connectivity index (χ4v) is 3.56. The highest BCUT2D eigenvalue weighted by Gasteiger charge is 2.47. The summed E-state index contributed by atoms with van der Waals surface area (Å²) >= 11 is 0. The van der Waals surface area contributed by atoms with Crippen LogP contribution >= 0.6 is 0 Å². The number of aliphatic hydroxyl groups is 1. The van der Waals surface area contributed by atoms with E-state index in [1.165, 1.54) is 0 Å². The molecule has 2 rings (SSSR count). The van der Waals surface area contributed by atoms with E-state index in [0.717, 1.165) is 23.1 Å². The van der Waals surface area contributed by atoms with Gasteiger partial charge in [-0.2, -0.15) is 13.2 Å². The number of alkyl halides is 3. The Morgan fingerprint density at radius 2 is 1.71 bits per heavy atom. The molecule has 0 amide bonds. The van der Waals surface area contributed by atoms with Crippen LogP contribution in [-0.2, 0) is 6.42 Å². The Hall–Kier alpha value is -1.03. The Bertz CT molecular complexity index is 461. The van der Waals surface area contributed by atoms with Gasteiger partial charge >= 0.3 is 6.18 Å². The van der Waals surface area contributed by atoms with Crippen molar-refractivity contribution in [3.05, 3.63) is 34.9 Å². The van der Waals surface area contributed by atoms with E-state index in [2.05, 4.69) is 0 Å². The largest absolute Gasteiger partial charge is 0.392 e. The molecule has 0 aliphatic heterocycles. The standard InChI is InChI=1S/C17H23F3O/c1-11-6-5-7-12(2)14(11)10-16(21)13-8-3-4-9-15(13)17(18,19)20/h5-7,13,15-16,21H,3-4,8-10H2,1-2H3. The number of halogens is 3. The average molecular weight is 300 g/mol. The highest BCUT2D eigenvalue weighted by atomic mass is 19.4. The summed E-state index contributed by atoms with van der Waals surface area (Å²) in [7, 11) is 0. The summed E-state index contributed by atoms with van der Waals surface area (Å²) < 4.78 is 39.4. The van der Waals surface area contributed by atoms with Gasteiger partial charge in [-0.25, -0.2) is 0 Å². The molecule has 1 nitrogen and oxygen atoms in total. The van der Waals surface area contributed by atoms with Crippen LogP contribution < -0.4 is 0 Å². The average Bonchev–Trinajstić information content (AvgIpc) is 2.42. The summed E-state index contributed by atoms with van der Waals surface area (Å²) in [5.41, 5.74) is 3.05. The van der Waals surface area contributed by atoms with Gasteiger partial charge in [0.15, 0.2) is 0 Å². The molecule has 3 atom stereocenters. The topological polar surface area (TPSA) is 20.2 Å². The molecule has 1 aliphatic rings. The number of hydrogen-bond acceptors (Lipinski definition) is 1. The van der Waals surface area contributed by atoms with Gasteiger partial charge in [-0.3, -0.25) is 0 Å². The molecular formula is C17H23F3O. The third-order valence-electron chi connectivity index (χ3n) is 4.79. The molecule has 0 bridgehead atoms. The molecule has 3 unspecified atom stereocenters. The van der Waals surface area contributed by atoms with Crippen LogP contribution in [0.5, 0.6) is 0 Å². The Kier molecular flexibility index (Phi) is 4.97. The minimum absolute atomic E-state index is 0.151. The van der Waals surface area contributed by atoms with Crippen LogP contribution in [-0.4, -0.2) is 17.4 Å². The number of hydrogen-bond donors (Lipinski definition) is 1. The lowest BCUT2D eigenvalue weighted by atomic mass is 9.74. The molecule has 21 heavy (non-hydrogen) atoms. The van der Waals surface area contributed by atoms with E-state index in [1.54, 1.807) is 0 Å². The quantitative estimate of drug-likeness (QED) is 0.866. The summed E-state index contributed by atoms with van der Waals surface area (Å²) in [6.07, 6.45) is -2.80. The van der Waals surface area contributed by atoms with Crippen LogP contribution in [0.3, 0.4) is 0 Å². The molecule has 1 saturated carbocycles. The van der Waals surface area contributed by atoms with Crippen LogP contribution in [0.15, 0.2) is 18.2 Å². The smallest absolute Gasteiger partial charge is 0.392 e. The molecule has 4 heteroatoms. The predicted octanol–water partition coefficient (Wildman–Crippen LogP) is 4.58. The molecular weight excluding hydrogens is 277 g/mol.